The van der Waals surface area contributed by atoms with Crippen LogP contribution in [0.3, 0.4) is 0 Å². The van der Waals surface area contributed by atoms with Crippen LogP contribution in [0.25, 0.3) is 0 Å². The molecule has 0 aliphatic carbocycles. The van der Waals surface area contributed by atoms with Crippen LogP contribution in [-0.4, -0.2) is 47.8 Å². The van der Waals surface area contributed by atoms with Gasteiger partial charge in [-0.1, -0.05) is 160 Å². The number of hydrogen-bond acceptors (Lipinski definition) is 6. The number of nitrogens with one attached hydrogen (secondary N) is 1. The number of amides is 1. The predicted octanol–water partition coefficient (Wildman–Crippen LogP) is 9.44. The highest BCUT2D eigenvalue weighted by Crippen LogP contribution is 2.43. The molecule has 0 saturated heterocycles. The summed E-state index contributed by atoms with van der Waals surface area (Å²) in [6.45, 7) is 4.00. The first-order valence-electron chi connectivity index (χ1n) is 18.5. The van der Waals surface area contributed by atoms with Gasteiger partial charge in [-0.05, 0) is 25.7 Å². The summed E-state index contributed by atoms with van der Waals surface area (Å²) < 4.78 is 21.9. The monoisotopic (exact) mass is 659 g/mol. The smallest absolute Gasteiger partial charge is 0.387 e. The molecule has 0 fully saturated rings. The van der Waals surface area contributed by atoms with Gasteiger partial charge in [-0.2, -0.15) is 0 Å². The van der Waals surface area contributed by atoms with Crippen molar-refractivity contribution in [3.05, 3.63) is 24.3 Å². The van der Waals surface area contributed by atoms with Crippen LogP contribution in [-0.2, 0) is 18.4 Å². The SMILES string of the molecule is CCC/C=C/CC/C=C/C(O)C(COP(=O)(O)OCCN)NC(=O)CCCCCCCCCCCCCCCCCCCCC. The lowest BCUT2D eigenvalue weighted by atomic mass is 10.0. The van der Waals surface area contributed by atoms with Gasteiger partial charge in [-0.3, -0.25) is 13.8 Å². The lowest BCUT2D eigenvalue weighted by molar-refractivity contribution is -0.123. The van der Waals surface area contributed by atoms with Crippen LogP contribution in [0.4, 0.5) is 0 Å². The number of nitrogens with two attached hydrogens (primary N) is 1. The molecule has 0 rings (SSSR count). The number of aliphatic hydroxyl groups excluding tert-OH is 1. The first-order chi connectivity index (χ1) is 21.9. The number of aliphatic hydroxyl groups is 1. The number of phosphoric acid groups is 1. The van der Waals surface area contributed by atoms with Gasteiger partial charge in [-0.25, -0.2) is 4.57 Å². The average molecular weight is 659 g/mol. The van der Waals surface area contributed by atoms with Gasteiger partial charge in [0.1, 0.15) is 0 Å². The molecule has 0 aromatic heterocycles. The maximum absolute atomic E-state index is 12.6. The van der Waals surface area contributed by atoms with Crippen LogP contribution >= 0.6 is 7.82 Å². The number of phosphoric ester groups is 1. The first kappa shape index (κ1) is 44.0. The molecule has 0 aromatic rings. The average Bonchev–Trinajstić information content (AvgIpc) is 3.02. The molecule has 3 unspecified atom stereocenters. The fourth-order valence-electron chi connectivity index (χ4n) is 5.21. The Labute approximate surface area is 277 Å². The van der Waals surface area contributed by atoms with Crippen molar-refractivity contribution in [1.82, 2.24) is 5.32 Å². The van der Waals surface area contributed by atoms with Gasteiger partial charge in [0.25, 0.3) is 0 Å². The second-order valence-electron chi connectivity index (χ2n) is 12.4. The summed E-state index contributed by atoms with van der Waals surface area (Å²) in [5.41, 5.74) is 5.33. The van der Waals surface area contributed by atoms with Gasteiger partial charge in [-0.15, -0.1) is 0 Å². The third-order valence-corrected chi connectivity index (χ3v) is 9.00. The molecule has 0 spiro atoms. The molecule has 5 N–H and O–H groups in total. The Bertz CT molecular complexity index is 764. The van der Waals surface area contributed by atoms with Crippen LogP contribution in [0.5, 0.6) is 0 Å². The standard InChI is InChI=1S/C36H71N2O6P/c1-3-5-7-9-11-12-13-14-15-16-17-18-19-20-21-22-24-26-28-30-36(40)38-34(33-44-45(41,42)43-32-31-37)35(39)29-27-25-23-10-8-6-4-2/h8,10,27,29,34-35,39H,3-7,9,11-26,28,30-33,37H2,1-2H3,(H,38,40)(H,41,42)/b10-8+,29-27+. The summed E-state index contributed by atoms with van der Waals surface area (Å²) in [5.74, 6) is -0.207. The van der Waals surface area contributed by atoms with Crippen LogP contribution in [0.1, 0.15) is 168 Å². The molecule has 8 nitrogen and oxygen atoms in total. The third kappa shape index (κ3) is 31.4. The first-order valence-corrected chi connectivity index (χ1v) is 20.0. The summed E-state index contributed by atoms with van der Waals surface area (Å²) in [6.07, 6.45) is 35.4. The zero-order chi connectivity index (χ0) is 33.3. The Hall–Kier alpha value is -1.02. The Balaban J connectivity index is 4.10. The highest BCUT2D eigenvalue weighted by atomic mass is 31.2. The molecule has 0 bridgehead atoms. The molecule has 0 saturated carbocycles. The summed E-state index contributed by atoms with van der Waals surface area (Å²) >= 11 is 0. The minimum Gasteiger partial charge on any atom is -0.387 e. The van der Waals surface area contributed by atoms with Gasteiger partial charge in [0, 0.05) is 13.0 Å². The minimum absolute atomic E-state index is 0.0750. The number of carbonyl (C=O) groups excluding carboxylic acids is 1. The molecule has 1 amide bonds. The van der Waals surface area contributed by atoms with E-state index in [0.29, 0.717) is 6.42 Å². The highest BCUT2D eigenvalue weighted by molar-refractivity contribution is 7.47. The largest absolute Gasteiger partial charge is 0.472 e. The second-order valence-corrected chi connectivity index (χ2v) is 13.9. The van der Waals surface area contributed by atoms with E-state index in [2.05, 4.69) is 31.3 Å². The van der Waals surface area contributed by atoms with E-state index >= 15 is 0 Å². The van der Waals surface area contributed by atoms with Gasteiger partial charge in [0.05, 0.1) is 25.4 Å². The molecule has 266 valence electrons. The van der Waals surface area contributed by atoms with Gasteiger partial charge >= 0.3 is 7.82 Å². The molecule has 0 radical (unpaired) electrons. The predicted molar refractivity (Wildman–Crippen MR) is 189 cm³/mol. The van der Waals surface area contributed by atoms with E-state index in [0.717, 1.165) is 44.9 Å². The van der Waals surface area contributed by atoms with E-state index in [1.165, 1.54) is 103 Å². The fraction of sp³-hybridized carbons (Fsp3) is 0.861. The van der Waals surface area contributed by atoms with Crippen LogP contribution < -0.4 is 11.1 Å². The molecule has 0 aliphatic rings. The maximum atomic E-state index is 12.6. The number of hydrogen-bond donors (Lipinski definition) is 4. The summed E-state index contributed by atoms with van der Waals surface area (Å²) in [5, 5.41) is 13.5. The zero-order valence-electron chi connectivity index (χ0n) is 29.1. The number of unbranched alkanes of at least 4 members (excludes halogenated alkanes) is 20. The van der Waals surface area contributed by atoms with Crippen molar-refractivity contribution in [2.75, 3.05) is 19.8 Å². The van der Waals surface area contributed by atoms with E-state index in [1.807, 2.05) is 6.08 Å². The minimum atomic E-state index is -4.33. The third-order valence-electron chi connectivity index (χ3n) is 8.01. The number of carbonyl (C=O) groups is 1. The molecule has 45 heavy (non-hydrogen) atoms. The van der Waals surface area contributed by atoms with Crippen molar-refractivity contribution < 1.29 is 28.4 Å². The molecule has 9 heteroatoms. The molecule has 3 atom stereocenters. The fourth-order valence-corrected chi connectivity index (χ4v) is 5.97. The zero-order valence-corrected chi connectivity index (χ0v) is 30.0. The Morgan fingerprint density at radius 3 is 1.67 bits per heavy atom. The molecular weight excluding hydrogens is 587 g/mol. The molecule has 0 heterocycles. The van der Waals surface area contributed by atoms with E-state index in [-0.39, 0.29) is 25.7 Å². The van der Waals surface area contributed by atoms with E-state index in [9.17, 15) is 19.4 Å². The van der Waals surface area contributed by atoms with E-state index in [1.54, 1.807) is 6.08 Å². The quantitative estimate of drug-likeness (QED) is 0.0308. The van der Waals surface area contributed by atoms with E-state index in [4.69, 9.17) is 14.8 Å². The molecule has 0 aromatic carbocycles. The van der Waals surface area contributed by atoms with Crippen molar-refractivity contribution in [2.45, 2.75) is 180 Å². The van der Waals surface area contributed by atoms with E-state index < -0.39 is 20.0 Å². The topological polar surface area (TPSA) is 131 Å². The lowest BCUT2D eigenvalue weighted by Gasteiger charge is -2.23. The number of rotatable bonds is 34. The van der Waals surface area contributed by atoms with Crippen molar-refractivity contribution >= 4 is 13.7 Å². The van der Waals surface area contributed by atoms with Crippen LogP contribution in [0.2, 0.25) is 0 Å². The van der Waals surface area contributed by atoms with Crippen LogP contribution in [0.15, 0.2) is 24.3 Å². The van der Waals surface area contributed by atoms with Gasteiger partial charge in [0.2, 0.25) is 5.91 Å². The lowest BCUT2D eigenvalue weighted by Crippen LogP contribution is -2.45. The second kappa shape index (κ2) is 32.9. The molecular formula is C36H71N2O6P. The van der Waals surface area contributed by atoms with Crippen molar-refractivity contribution in [2.24, 2.45) is 5.73 Å². The van der Waals surface area contributed by atoms with Gasteiger partial charge in [0.15, 0.2) is 0 Å². The molecule has 0 aliphatic heterocycles. The Morgan fingerprint density at radius 1 is 0.711 bits per heavy atom. The van der Waals surface area contributed by atoms with Crippen LogP contribution in [0, 0.1) is 0 Å². The normalized spacial score (nSPS) is 14.7. The number of allylic oxidation sites excluding steroid dienone is 3. The van der Waals surface area contributed by atoms with Crippen molar-refractivity contribution in [1.29, 1.82) is 0 Å². The summed E-state index contributed by atoms with van der Waals surface area (Å²) in [6, 6.07) is -0.869. The van der Waals surface area contributed by atoms with Crippen molar-refractivity contribution in [3.8, 4) is 0 Å². The van der Waals surface area contributed by atoms with Gasteiger partial charge < -0.3 is 21.1 Å². The Morgan fingerprint density at radius 2 is 1.18 bits per heavy atom. The summed E-state index contributed by atoms with van der Waals surface area (Å²) in [4.78, 5) is 22.5. The summed E-state index contributed by atoms with van der Waals surface area (Å²) in [7, 11) is -4.33. The maximum Gasteiger partial charge on any atom is 0.472 e. The Kier molecular flexibility index (Phi) is 32.2. The van der Waals surface area contributed by atoms with Crippen molar-refractivity contribution in [3.63, 3.8) is 0 Å². The highest BCUT2D eigenvalue weighted by Gasteiger charge is 2.26.